The van der Waals surface area contributed by atoms with Gasteiger partial charge in [0.2, 0.25) is 0 Å². The number of urea groups is 1. The second kappa shape index (κ2) is 8.59. The van der Waals surface area contributed by atoms with Gasteiger partial charge >= 0.3 is 6.03 Å². The van der Waals surface area contributed by atoms with E-state index in [0.29, 0.717) is 31.5 Å². The van der Waals surface area contributed by atoms with Gasteiger partial charge in [-0.15, -0.1) is 0 Å². The number of aromatic nitrogens is 1. The number of benzene rings is 2. The summed E-state index contributed by atoms with van der Waals surface area (Å²) >= 11 is 0. The molecule has 1 atom stereocenters. The number of carbonyl (C=O) groups excluding carboxylic acids is 1. The molecule has 7 nitrogen and oxygen atoms in total. The van der Waals surface area contributed by atoms with E-state index in [4.69, 9.17) is 9.15 Å². The Morgan fingerprint density at radius 1 is 1.27 bits per heavy atom. The van der Waals surface area contributed by atoms with Crippen LogP contribution in [-0.4, -0.2) is 30.2 Å². The Bertz CT molecular complexity index is 1030. The van der Waals surface area contributed by atoms with Gasteiger partial charge in [-0.2, -0.15) is 0 Å². The summed E-state index contributed by atoms with van der Waals surface area (Å²) < 4.78 is 11.4. The van der Waals surface area contributed by atoms with E-state index in [1.165, 1.54) is 0 Å². The average molecular weight is 406 g/mol. The smallest absolute Gasteiger partial charge is 0.322 e. The molecule has 0 aliphatic carbocycles. The normalized spacial score (nSPS) is 16.0. The first-order valence-corrected chi connectivity index (χ1v) is 10.1. The Labute approximate surface area is 176 Å². The predicted molar refractivity (Wildman–Crippen MR) is 117 cm³/mol. The zero-order valence-electron chi connectivity index (χ0n) is 17.4. The molecule has 1 saturated heterocycles. The predicted octanol–water partition coefficient (Wildman–Crippen LogP) is 4.85. The minimum atomic E-state index is -0.0664. The molecule has 0 bridgehead atoms. The minimum absolute atomic E-state index is 0.0664. The lowest BCUT2D eigenvalue weighted by Crippen LogP contribution is -2.32. The van der Waals surface area contributed by atoms with Gasteiger partial charge in [0, 0.05) is 30.1 Å². The second-order valence-corrected chi connectivity index (χ2v) is 7.39. The number of hydrogen-bond acceptors (Lipinski definition) is 5. The number of anilines is 3. The molecule has 1 aliphatic rings. The van der Waals surface area contributed by atoms with Crippen LogP contribution in [0.2, 0.25) is 0 Å². The second-order valence-electron chi connectivity index (χ2n) is 7.39. The zero-order chi connectivity index (χ0) is 21.1. The molecule has 2 amide bonds. The summed E-state index contributed by atoms with van der Waals surface area (Å²) in [4.78, 5) is 18.1. The molecule has 7 heteroatoms. The molecular weight excluding hydrogens is 380 g/mol. The number of nitrogens with zero attached hydrogens (tertiary/aromatic N) is 2. The standard InChI is InChI=1S/C23H26N4O3/c1-4-29-14-17-6-5-15(2)20(11-17)26-22-24-13-21(30-22)18-7-9-19(10-8-18)27-16(3)12-25-23(27)28/h5-11,13,16H,4,12,14H2,1-3H3,(H,24,26)(H,25,28)/t16-/m1/s1. The van der Waals surface area contributed by atoms with Crippen molar-refractivity contribution in [2.24, 2.45) is 0 Å². The Hall–Kier alpha value is -3.32. The first-order chi connectivity index (χ1) is 14.5. The number of rotatable bonds is 7. The quantitative estimate of drug-likeness (QED) is 0.586. The highest BCUT2D eigenvalue weighted by atomic mass is 16.5. The third-order valence-electron chi connectivity index (χ3n) is 5.16. The molecule has 0 unspecified atom stereocenters. The Balaban J connectivity index is 1.49. The zero-order valence-corrected chi connectivity index (χ0v) is 17.4. The van der Waals surface area contributed by atoms with Crippen LogP contribution >= 0.6 is 0 Å². The third kappa shape index (κ3) is 4.16. The summed E-state index contributed by atoms with van der Waals surface area (Å²) in [5.41, 5.74) is 4.88. The Morgan fingerprint density at radius 3 is 2.77 bits per heavy atom. The maximum atomic E-state index is 12.0. The molecule has 1 fully saturated rings. The van der Waals surface area contributed by atoms with E-state index in [9.17, 15) is 4.79 Å². The molecular formula is C23H26N4O3. The van der Waals surface area contributed by atoms with Gasteiger partial charge in [0.1, 0.15) is 0 Å². The highest BCUT2D eigenvalue weighted by molar-refractivity contribution is 5.95. The van der Waals surface area contributed by atoms with Gasteiger partial charge in [-0.1, -0.05) is 12.1 Å². The van der Waals surface area contributed by atoms with Crippen LogP contribution in [0.5, 0.6) is 0 Å². The SMILES string of the molecule is CCOCc1ccc(C)c(Nc2ncc(-c3ccc(N4C(=O)NC[C@H]4C)cc3)o2)c1. The van der Waals surface area contributed by atoms with E-state index >= 15 is 0 Å². The molecule has 2 aromatic carbocycles. The molecule has 0 spiro atoms. The maximum absolute atomic E-state index is 12.0. The summed E-state index contributed by atoms with van der Waals surface area (Å²) in [5, 5.41) is 6.11. The van der Waals surface area contributed by atoms with E-state index in [-0.39, 0.29) is 12.1 Å². The minimum Gasteiger partial charge on any atom is -0.423 e. The number of aryl methyl sites for hydroxylation is 1. The molecule has 0 radical (unpaired) electrons. The summed E-state index contributed by atoms with van der Waals surface area (Å²) in [6, 6.07) is 14.4. The van der Waals surface area contributed by atoms with Gasteiger partial charge in [-0.05, 0) is 62.2 Å². The number of nitrogens with one attached hydrogen (secondary N) is 2. The number of hydrogen-bond donors (Lipinski definition) is 2. The van der Waals surface area contributed by atoms with Crippen molar-refractivity contribution in [2.75, 3.05) is 23.4 Å². The van der Waals surface area contributed by atoms with Crippen molar-refractivity contribution in [3.05, 3.63) is 59.8 Å². The van der Waals surface area contributed by atoms with Gasteiger partial charge < -0.3 is 19.8 Å². The van der Waals surface area contributed by atoms with Crippen LogP contribution in [0, 0.1) is 6.92 Å². The molecule has 1 aromatic heterocycles. The summed E-state index contributed by atoms with van der Waals surface area (Å²) in [5.74, 6) is 0.658. The molecule has 156 valence electrons. The van der Waals surface area contributed by atoms with Gasteiger partial charge in [0.05, 0.1) is 18.8 Å². The van der Waals surface area contributed by atoms with Crippen LogP contribution in [0.4, 0.5) is 22.2 Å². The number of ether oxygens (including phenoxy) is 1. The maximum Gasteiger partial charge on any atom is 0.322 e. The fourth-order valence-corrected chi connectivity index (χ4v) is 3.46. The van der Waals surface area contributed by atoms with Crippen LogP contribution in [0.15, 0.2) is 53.1 Å². The highest BCUT2D eigenvalue weighted by Crippen LogP contribution is 2.29. The van der Waals surface area contributed by atoms with E-state index < -0.39 is 0 Å². The first-order valence-electron chi connectivity index (χ1n) is 10.1. The number of amides is 2. The van der Waals surface area contributed by atoms with Gasteiger partial charge in [0.15, 0.2) is 5.76 Å². The van der Waals surface area contributed by atoms with Crippen molar-refractivity contribution in [3.8, 4) is 11.3 Å². The van der Waals surface area contributed by atoms with E-state index in [0.717, 1.165) is 28.1 Å². The fourth-order valence-electron chi connectivity index (χ4n) is 3.46. The summed E-state index contributed by atoms with van der Waals surface area (Å²) in [6.07, 6.45) is 1.70. The van der Waals surface area contributed by atoms with Crippen molar-refractivity contribution in [2.45, 2.75) is 33.4 Å². The Morgan fingerprint density at radius 2 is 2.07 bits per heavy atom. The summed E-state index contributed by atoms with van der Waals surface area (Å²) in [7, 11) is 0. The van der Waals surface area contributed by atoms with Crippen molar-refractivity contribution >= 4 is 23.4 Å². The number of oxazole rings is 1. The number of carbonyl (C=O) groups is 1. The van der Waals surface area contributed by atoms with Crippen LogP contribution in [0.1, 0.15) is 25.0 Å². The lowest BCUT2D eigenvalue weighted by Gasteiger charge is -2.19. The summed E-state index contributed by atoms with van der Waals surface area (Å²) in [6.45, 7) is 7.94. The van der Waals surface area contributed by atoms with Crippen molar-refractivity contribution in [1.82, 2.24) is 10.3 Å². The third-order valence-corrected chi connectivity index (χ3v) is 5.16. The average Bonchev–Trinajstić information content (AvgIpc) is 3.35. The molecule has 1 aliphatic heterocycles. The fraction of sp³-hybridized carbons (Fsp3) is 0.304. The van der Waals surface area contributed by atoms with Gasteiger partial charge in [-0.3, -0.25) is 4.90 Å². The van der Waals surface area contributed by atoms with Gasteiger partial charge in [0.25, 0.3) is 6.01 Å². The van der Waals surface area contributed by atoms with Crippen LogP contribution in [0.25, 0.3) is 11.3 Å². The van der Waals surface area contributed by atoms with Crippen LogP contribution in [-0.2, 0) is 11.3 Å². The van der Waals surface area contributed by atoms with Crippen LogP contribution in [0.3, 0.4) is 0 Å². The van der Waals surface area contributed by atoms with Crippen molar-refractivity contribution < 1.29 is 13.9 Å². The largest absolute Gasteiger partial charge is 0.423 e. The molecule has 0 saturated carbocycles. The van der Waals surface area contributed by atoms with Crippen LogP contribution < -0.4 is 15.5 Å². The molecule has 30 heavy (non-hydrogen) atoms. The Kier molecular flexibility index (Phi) is 5.72. The lowest BCUT2D eigenvalue weighted by molar-refractivity contribution is 0.134. The topological polar surface area (TPSA) is 79.6 Å². The highest BCUT2D eigenvalue weighted by Gasteiger charge is 2.28. The molecule has 3 aromatic rings. The monoisotopic (exact) mass is 406 g/mol. The van der Waals surface area contributed by atoms with E-state index in [1.54, 1.807) is 11.1 Å². The molecule has 2 N–H and O–H groups in total. The van der Waals surface area contributed by atoms with Crippen molar-refractivity contribution in [3.63, 3.8) is 0 Å². The molecule has 2 heterocycles. The van der Waals surface area contributed by atoms with E-state index in [1.807, 2.05) is 51.1 Å². The van der Waals surface area contributed by atoms with Gasteiger partial charge in [-0.25, -0.2) is 9.78 Å². The first kappa shape index (κ1) is 20.0. The molecule has 4 rings (SSSR count). The van der Waals surface area contributed by atoms with E-state index in [2.05, 4.69) is 27.8 Å². The lowest BCUT2D eigenvalue weighted by atomic mass is 10.1. The van der Waals surface area contributed by atoms with Crippen molar-refractivity contribution in [1.29, 1.82) is 0 Å².